The number of esters is 1. The average molecular weight is 298 g/mol. The van der Waals surface area contributed by atoms with Crippen molar-refractivity contribution in [3.8, 4) is 0 Å². The Hall–Kier alpha value is -1.22. The second-order valence-electron chi connectivity index (χ2n) is 6.42. The molecule has 1 aromatic carbocycles. The smallest absolute Gasteiger partial charge is 0.306 e. The zero-order chi connectivity index (χ0) is 15.5. The van der Waals surface area contributed by atoms with Gasteiger partial charge in [-0.1, -0.05) is 31.5 Å². The van der Waals surface area contributed by atoms with Gasteiger partial charge in [-0.2, -0.15) is 0 Å². The molecule has 0 fully saturated rings. The van der Waals surface area contributed by atoms with E-state index >= 15 is 0 Å². The Morgan fingerprint density at radius 3 is 2.40 bits per heavy atom. The van der Waals surface area contributed by atoms with Gasteiger partial charge in [0.25, 0.3) is 0 Å². The zero-order valence-corrected chi connectivity index (χ0v) is 13.6. The lowest BCUT2D eigenvalue weighted by atomic mass is 9.85. The first-order valence-electron chi connectivity index (χ1n) is 6.87. The molecular formula is C16H24ClNO2. The maximum Gasteiger partial charge on any atom is 0.306 e. The van der Waals surface area contributed by atoms with Crippen molar-refractivity contribution in [1.29, 1.82) is 0 Å². The number of hydrogen-bond donors (Lipinski definition) is 1. The summed E-state index contributed by atoms with van der Waals surface area (Å²) in [6.07, 6.45) is 0.343. The van der Waals surface area contributed by atoms with E-state index in [0.29, 0.717) is 23.0 Å². The summed E-state index contributed by atoms with van der Waals surface area (Å²) in [5.74, 6) is 0.192. The lowest BCUT2D eigenvalue weighted by Crippen LogP contribution is -2.25. The number of hydrogen-bond acceptors (Lipinski definition) is 3. The van der Waals surface area contributed by atoms with Crippen LogP contribution in [0.15, 0.2) is 18.2 Å². The van der Waals surface area contributed by atoms with Crippen molar-refractivity contribution in [2.75, 3.05) is 5.73 Å². The fourth-order valence-corrected chi connectivity index (χ4v) is 2.21. The summed E-state index contributed by atoms with van der Waals surface area (Å²) in [6, 6.07) is 5.54. The summed E-state index contributed by atoms with van der Waals surface area (Å²) in [4.78, 5) is 12.0. The van der Waals surface area contributed by atoms with E-state index in [-0.39, 0.29) is 11.9 Å². The van der Waals surface area contributed by atoms with E-state index in [1.165, 1.54) is 0 Å². The molecule has 0 spiro atoms. The molecule has 2 N–H and O–H groups in total. The first kappa shape index (κ1) is 16.8. The number of nitrogen functional groups attached to an aromatic ring is 1. The predicted molar refractivity (Wildman–Crippen MR) is 83.9 cm³/mol. The number of rotatable bonds is 4. The van der Waals surface area contributed by atoms with E-state index in [1.807, 2.05) is 32.9 Å². The molecule has 0 saturated carbocycles. The van der Waals surface area contributed by atoms with Gasteiger partial charge in [-0.3, -0.25) is 4.79 Å². The monoisotopic (exact) mass is 297 g/mol. The summed E-state index contributed by atoms with van der Waals surface area (Å²) < 4.78 is 5.40. The molecule has 1 rings (SSSR count). The van der Waals surface area contributed by atoms with Crippen LogP contribution in [0.2, 0.25) is 5.02 Å². The van der Waals surface area contributed by atoms with E-state index in [2.05, 4.69) is 13.8 Å². The highest BCUT2D eigenvalue weighted by atomic mass is 35.5. The Morgan fingerprint density at radius 2 is 1.95 bits per heavy atom. The third-order valence-electron chi connectivity index (χ3n) is 3.06. The Bertz CT molecular complexity index is 478. The number of halogens is 1. The molecule has 0 bridgehead atoms. The van der Waals surface area contributed by atoms with E-state index < -0.39 is 5.60 Å². The van der Waals surface area contributed by atoms with Gasteiger partial charge in [-0.05, 0) is 50.3 Å². The van der Waals surface area contributed by atoms with Crippen LogP contribution in [0.4, 0.5) is 5.69 Å². The molecule has 0 aromatic heterocycles. The van der Waals surface area contributed by atoms with Gasteiger partial charge >= 0.3 is 5.97 Å². The summed E-state index contributed by atoms with van der Waals surface area (Å²) in [5.41, 5.74) is 6.94. The molecule has 3 nitrogen and oxygen atoms in total. The van der Waals surface area contributed by atoms with Crippen molar-refractivity contribution in [1.82, 2.24) is 0 Å². The molecule has 0 radical (unpaired) electrons. The van der Waals surface area contributed by atoms with Crippen molar-refractivity contribution in [2.45, 2.75) is 52.6 Å². The van der Waals surface area contributed by atoms with Gasteiger partial charge in [0.2, 0.25) is 0 Å². The Balaban J connectivity index is 2.89. The Morgan fingerprint density at radius 1 is 1.35 bits per heavy atom. The second kappa shape index (κ2) is 6.49. The Kier molecular flexibility index (Phi) is 5.46. The highest BCUT2D eigenvalue weighted by Crippen LogP contribution is 2.32. The molecule has 0 aliphatic rings. The van der Waals surface area contributed by atoms with Gasteiger partial charge in [0, 0.05) is 0 Å². The van der Waals surface area contributed by atoms with Crippen molar-refractivity contribution in [2.24, 2.45) is 5.92 Å². The fourth-order valence-electron chi connectivity index (χ4n) is 2.09. The quantitative estimate of drug-likeness (QED) is 0.662. The number of carbonyl (C=O) groups is 1. The molecule has 1 aromatic rings. The maximum atomic E-state index is 12.0. The van der Waals surface area contributed by atoms with Crippen molar-refractivity contribution in [3.05, 3.63) is 28.8 Å². The molecule has 4 heteroatoms. The molecule has 0 saturated heterocycles. The fraction of sp³-hybridized carbons (Fsp3) is 0.562. The normalized spacial score (nSPS) is 13.3. The summed E-state index contributed by atoms with van der Waals surface area (Å²) in [6.45, 7) is 9.78. The van der Waals surface area contributed by atoms with Crippen LogP contribution in [0.25, 0.3) is 0 Å². The third-order valence-corrected chi connectivity index (χ3v) is 3.40. The third kappa shape index (κ3) is 5.04. The van der Waals surface area contributed by atoms with Gasteiger partial charge < -0.3 is 10.5 Å². The number of benzene rings is 1. The molecule has 0 aliphatic carbocycles. The molecular weight excluding hydrogens is 274 g/mol. The van der Waals surface area contributed by atoms with Crippen molar-refractivity contribution < 1.29 is 9.53 Å². The SMILES string of the molecule is CC(C)C(CC(=O)OC(C)(C)C)c1ccc(Cl)c(N)c1. The van der Waals surface area contributed by atoms with Crippen molar-refractivity contribution in [3.63, 3.8) is 0 Å². The van der Waals surface area contributed by atoms with Crippen LogP contribution in [-0.4, -0.2) is 11.6 Å². The molecule has 0 aliphatic heterocycles. The largest absolute Gasteiger partial charge is 0.460 e. The van der Waals surface area contributed by atoms with E-state index in [0.717, 1.165) is 5.56 Å². The Labute approximate surface area is 126 Å². The number of nitrogens with two attached hydrogens (primary N) is 1. The van der Waals surface area contributed by atoms with E-state index in [1.54, 1.807) is 6.07 Å². The summed E-state index contributed by atoms with van der Waals surface area (Å²) in [5, 5.41) is 0.536. The van der Waals surface area contributed by atoms with Crippen LogP contribution in [0.3, 0.4) is 0 Å². The molecule has 1 atom stereocenters. The maximum absolute atomic E-state index is 12.0. The minimum atomic E-state index is -0.461. The first-order chi connectivity index (χ1) is 9.10. The van der Waals surface area contributed by atoms with Gasteiger partial charge in [0.15, 0.2) is 0 Å². The zero-order valence-electron chi connectivity index (χ0n) is 12.9. The van der Waals surface area contributed by atoms with E-state index in [9.17, 15) is 4.79 Å². The average Bonchev–Trinajstić information content (AvgIpc) is 2.27. The van der Waals surface area contributed by atoms with Gasteiger partial charge in [-0.15, -0.1) is 0 Å². The first-order valence-corrected chi connectivity index (χ1v) is 7.24. The molecule has 112 valence electrons. The molecule has 20 heavy (non-hydrogen) atoms. The van der Waals surface area contributed by atoms with Crippen LogP contribution in [0.1, 0.15) is 52.5 Å². The summed E-state index contributed by atoms with van der Waals surface area (Å²) >= 11 is 5.94. The second-order valence-corrected chi connectivity index (χ2v) is 6.83. The van der Waals surface area contributed by atoms with Crippen LogP contribution in [-0.2, 0) is 9.53 Å². The van der Waals surface area contributed by atoms with Crippen LogP contribution in [0, 0.1) is 5.92 Å². The van der Waals surface area contributed by atoms with Crippen LogP contribution < -0.4 is 5.73 Å². The standard InChI is InChI=1S/C16H24ClNO2/c1-10(2)12(9-15(19)20-16(3,4)5)11-6-7-13(17)14(18)8-11/h6-8,10,12H,9,18H2,1-5H3. The summed E-state index contributed by atoms with van der Waals surface area (Å²) in [7, 11) is 0. The van der Waals surface area contributed by atoms with Gasteiger partial charge in [-0.25, -0.2) is 0 Å². The number of anilines is 1. The highest BCUT2D eigenvalue weighted by Gasteiger charge is 2.24. The lowest BCUT2D eigenvalue weighted by molar-refractivity contribution is -0.155. The number of carbonyl (C=O) groups excluding carboxylic acids is 1. The van der Waals surface area contributed by atoms with Gasteiger partial charge in [0.05, 0.1) is 17.1 Å². The van der Waals surface area contributed by atoms with E-state index in [4.69, 9.17) is 22.1 Å². The van der Waals surface area contributed by atoms with Crippen molar-refractivity contribution >= 4 is 23.3 Å². The predicted octanol–water partition coefficient (Wildman–Crippen LogP) is 4.39. The highest BCUT2D eigenvalue weighted by molar-refractivity contribution is 6.33. The minimum Gasteiger partial charge on any atom is -0.460 e. The van der Waals surface area contributed by atoms with Crippen LogP contribution >= 0.6 is 11.6 Å². The lowest BCUT2D eigenvalue weighted by Gasteiger charge is -2.24. The number of ether oxygens (including phenoxy) is 1. The molecule has 0 heterocycles. The molecule has 0 amide bonds. The topological polar surface area (TPSA) is 52.3 Å². The minimum absolute atomic E-state index is 0.0735. The molecule has 1 unspecified atom stereocenters. The van der Waals surface area contributed by atoms with Gasteiger partial charge in [0.1, 0.15) is 5.60 Å². The van der Waals surface area contributed by atoms with Crippen LogP contribution in [0.5, 0.6) is 0 Å².